The summed E-state index contributed by atoms with van der Waals surface area (Å²) < 4.78 is 31.7. The molecular formula is C21H22F3N3O3. The van der Waals surface area contributed by atoms with E-state index in [2.05, 4.69) is 16.0 Å². The first kappa shape index (κ1) is 21.8. The van der Waals surface area contributed by atoms with Gasteiger partial charge in [0.05, 0.1) is 11.7 Å². The standard InChI is InChI=1S/C19H21N3O.C2HF3O2/c23-19-10-9-17-18(22(19)16-7-2-1-3-8-16)11-13-21(17)14-15-6-4-5-12-20-15;3-2(4,5)1(6)7/h1-8,12,17-18H,9-11,13-14H2;(H,6,7)/t17-,18-;/m1./s1. The number of carboxylic acids is 1. The molecule has 1 amide bonds. The number of carboxylic acid groups (broad SMARTS) is 1. The lowest BCUT2D eigenvalue weighted by Gasteiger charge is -2.39. The van der Waals surface area contributed by atoms with Crippen molar-refractivity contribution in [2.24, 2.45) is 0 Å². The van der Waals surface area contributed by atoms with Crippen molar-refractivity contribution < 1.29 is 27.9 Å². The largest absolute Gasteiger partial charge is 0.490 e. The summed E-state index contributed by atoms with van der Waals surface area (Å²) in [5.74, 6) is -2.50. The number of carbonyl (C=O) groups excluding carboxylic acids is 1. The first-order chi connectivity index (χ1) is 14.3. The molecule has 4 rings (SSSR count). The van der Waals surface area contributed by atoms with Crippen molar-refractivity contribution in [2.75, 3.05) is 11.4 Å². The Hall–Kier alpha value is -2.94. The first-order valence-corrected chi connectivity index (χ1v) is 9.58. The molecule has 3 heterocycles. The average Bonchev–Trinajstić information content (AvgIpc) is 3.11. The summed E-state index contributed by atoms with van der Waals surface area (Å²) in [4.78, 5) is 30.4. The zero-order chi connectivity index (χ0) is 21.7. The van der Waals surface area contributed by atoms with Gasteiger partial charge in [0.2, 0.25) is 5.91 Å². The second kappa shape index (κ2) is 9.25. The number of benzene rings is 1. The molecule has 0 bridgehead atoms. The highest BCUT2D eigenvalue weighted by Crippen LogP contribution is 2.35. The predicted octanol–water partition coefficient (Wildman–Crippen LogP) is 3.48. The van der Waals surface area contributed by atoms with E-state index in [-0.39, 0.29) is 5.91 Å². The Morgan fingerprint density at radius 2 is 1.73 bits per heavy atom. The minimum Gasteiger partial charge on any atom is -0.475 e. The van der Waals surface area contributed by atoms with Gasteiger partial charge >= 0.3 is 12.1 Å². The fourth-order valence-corrected chi connectivity index (χ4v) is 3.97. The van der Waals surface area contributed by atoms with Gasteiger partial charge in [0.25, 0.3) is 0 Å². The Kier molecular flexibility index (Phi) is 6.71. The van der Waals surface area contributed by atoms with E-state index >= 15 is 0 Å². The molecule has 2 aromatic rings. The quantitative estimate of drug-likeness (QED) is 0.822. The maximum atomic E-state index is 12.5. The molecule has 2 saturated heterocycles. The summed E-state index contributed by atoms with van der Waals surface area (Å²) in [6.45, 7) is 1.90. The summed E-state index contributed by atoms with van der Waals surface area (Å²) in [6, 6.07) is 16.9. The van der Waals surface area contributed by atoms with Crippen molar-refractivity contribution in [3.63, 3.8) is 0 Å². The molecule has 2 fully saturated rings. The fraction of sp³-hybridized carbons (Fsp3) is 0.381. The molecule has 1 aromatic heterocycles. The number of alkyl halides is 3. The van der Waals surface area contributed by atoms with E-state index in [0.29, 0.717) is 18.5 Å². The molecule has 9 heteroatoms. The van der Waals surface area contributed by atoms with E-state index in [0.717, 1.165) is 37.3 Å². The van der Waals surface area contributed by atoms with Crippen molar-refractivity contribution in [1.29, 1.82) is 0 Å². The number of amides is 1. The van der Waals surface area contributed by atoms with Gasteiger partial charge in [-0.05, 0) is 37.1 Å². The smallest absolute Gasteiger partial charge is 0.475 e. The topological polar surface area (TPSA) is 73.7 Å². The number of pyridine rings is 1. The van der Waals surface area contributed by atoms with Crippen LogP contribution in [0.4, 0.5) is 18.9 Å². The van der Waals surface area contributed by atoms with Gasteiger partial charge in [-0.3, -0.25) is 14.7 Å². The lowest BCUT2D eigenvalue weighted by molar-refractivity contribution is -0.192. The lowest BCUT2D eigenvalue weighted by Crippen LogP contribution is -2.52. The molecular weight excluding hydrogens is 399 g/mol. The molecule has 6 nitrogen and oxygen atoms in total. The molecule has 2 atom stereocenters. The maximum Gasteiger partial charge on any atom is 0.490 e. The molecule has 160 valence electrons. The Morgan fingerprint density at radius 3 is 2.33 bits per heavy atom. The number of carbonyl (C=O) groups is 2. The van der Waals surface area contributed by atoms with E-state index < -0.39 is 12.1 Å². The molecule has 0 aliphatic carbocycles. The number of anilines is 1. The second-order valence-electron chi connectivity index (χ2n) is 7.16. The van der Waals surface area contributed by atoms with Crippen LogP contribution in [0.2, 0.25) is 0 Å². The molecule has 1 N–H and O–H groups in total. The Morgan fingerprint density at radius 1 is 1.07 bits per heavy atom. The van der Waals surface area contributed by atoms with Crippen LogP contribution < -0.4 is 4.90 Å². The van der Waals surface area contributed by atoms with Gasteiger partial charge in [0.1, 0.15) is 0 Å². The third-order valence-electron chi connectivity index (χ3n) is 5.25. The predicted molar refractivity (Wildman–Crippen MR) is 104 cm³/mol. The van der Waals surface area contributed by atoms with Crippen molar-refractivity contribution in [1.82, 2.24) is 9.88 Å². The fourth-order valence-electron chi connectivity index (χ4n) is 3.97. The third kappa shape index (κ3) is 5.15. The van der Waals surface area contributed by atoms with Gasteiger partial charge < -0.3 is 10.0 Å². The third-order valence-corrected chi connectivity index (χ3v) is 5.25. The number of aliphatic carboxylic acids is 1. The molecule has 30 heavy (non-hydrogen) atoms. The summed E-state index contributed by atoms with van der Waals surface area (Å²) in [7, 11) is 0. The zero-order valence-electron chi connectivity index (χ0n) is 16.1. The van der Waals surface area contributed by atoms with Crippen LogP contribution in [0.5, 0.6) is 0 Å². The van der Waals surface area contributed by atoms with Crippen molar-refractivity contribution >= 4 is 17.6 Å². The Labute approximate surface area is 171 Å². The summed E-state index contributed by atoms with van der Waals surface area (Å²) in [5, 5.41) is 7.12. The summed E-state index contributed by atoms with van der Waals surface area (Å²) in [6.07, 6.45) is -0.601. The van der Waals surface area contributed by atoms with Crippen LogP contribution >= 0.6 is 0 Å². The molecule has 2 aliphatic heterocycles. The molecule has 0 spiro atoms. The first-order valence-electron chi connectivity index (χ1n) is 9.58. The molecule has 1 aromatic carbocycles. The van der Waals surface area contributed by atoms with E-state index in [1.165, 1.54) is 0 Å². The number of fused-ring (bicyclic) bond motifs is 1. The van der Waals surface area contributed by atoms with Gasteiger partial charge in [-0.25, -0.2) is 4.79 Å². The average molecular weight is 421 g/mol. The number of halogens is 3. The summed E-state index contributed by atoms with van der Waals surface area (Å²) in [5.41, 5.74) is 2.14. The van der Waals surface area contributed by atoms with E-state index in [1.54, 1.807) is 0 Å². The van der Waals surface area contributed by atoms with Crippen LogP contribution in [-0.4, -0.2) is 51.7 Å². The number of para-hydroxylation sites is 1. The highest BCUT2D eigenvalue weighted by atomic mass is 19.4. The molecule has 0 radical (unpaired) electrons. The van der Waals surface area contributed by atoms with Crippen LogP contribution in [0.1, 0.15) is 25.0 Å². The van der Waals surface area contributed by atoms with Gasteiger partial charge in [0.15, 0.2) is 0 Å². The highest BCUT2D eigenvalue weighted by molar-refractivity contribution is 5.95. The number of piperidine rings is 1. The van der Waals surface area contributed by atoms with Gasteiger partial charge in [0, 0.05) is 37.4 Å². The van der Waals surface area contributed by atoms with E-state index in [1.807, 2.05) is 53.6 Å². The number of hydrogen-bond donors (Lipinski definition) is 1. The number of rotatable bonds is 3. The molecule has 0 saturated carbocycles. The zero-order valence-corrected chi connectivity index (χ0v) is 16.1. The van der Waals surface area contributed by atoms with Gasteiger partial charge in [-0.2, -0.15) is 13.2 Å². The number of likely N-dealkylation sites (tertiary alicyclic amines) is 1. The maximum absolute atomic E-state index is 12.5. The number of hydrogen-bond acceptors (Lipinski definition) is 4. The number of aromatic nitrogens is 1. The van der Waals surface area contributed by atoms with Crippen molar-refractivity contribution in [3.8, 4) is 0 Å². The summed E-state index contributed by atoms with van der Waals surface area (Å²) >= 11 is 0. The minimum atomic E-state index is -5.08. The Balaban J connectivity index is 0.000000318. The van der Waals surface area contributed by atoms with E-state index in [9.17, 15) is 18.0 Å². The highest BCUT2D eigenvalue weighted by Gasteiger charge is 2.43. The van der Waals surface area contributed by atoms with Crippen LogP contribution in [-0.2, 0) is 16.1 Å². The molecule has 2 aliphatic rings. The lowest BCUT2D eigenvalue weighted by atomic mass is 9.95. The van der Waals surface area contributed by atoms with Crippen molar-refractivity contribution in [3.05, 3.63) is 60.4 Å². The molecule has 0 unspecified atom stereocenters. The van der Waals surface area contributed by atoms with Crippen LogP contribution in [0.3, 0.4) is 0 Å². The number of nitrogens with zero attached hydrogens (tertiary/aromatic N) is 3. The van der Waals surface area contributed by atoms with Crippen LogP contribution in [0, 0.1) is 0 Å². The van der Waals surface area contributed by atoms with Crippen molar-refractivity contribution in [2.45, 2.75) is 44.1 Å². The van der Waals surface area contributed by atoms with Crippen LogP contribution in [0.15, 0.2) is 54.7 Å². The second-order valence-corrected chi connectivity index (χ2v) is 7.16. The SMILES string of the molecule is O=C(O)C(F)(F)F.O=C1CC[C@@H]2[C@@H](CCN2Cc2ccccn2)N1c1ccccc1. The minimum absolute atomic E-state index is 0.261. The van der Waals surface area contributed by atoms with Gasteiger partial charge in [-0.15, -0.1) is 0 Å². The Bertz CT molecular complexity index is 862. The monoisotopic (exact) mass is 421 g/mol. The van der Waals surface area contributed by atoms with Gasteiger partial charge in [-0.1, -0.05) is 24.3 Å². The van der Waals surface area contributed by atoms with E-state index in [4.69, 9.17) is 9.90 Å². The normalized spacial score (nSPS) is 21.6. The van der Waals surface area contributed by atoms with Crippen LogP contribution in [0.25, 0.3) is 0 Å².